The first kappa shape index (κ1) is 20.9. The molecule has 5 nitrogen and oxygen atoms in total. The van der Waals surface area contributed by atoms with Crippen molar-refractivity contribution < 1.29 is 13.9 Å². The Bertz CT molecular complexity index is 1090. The van der Waals surface area contributed by atoms with E-state index in [1.54, 1.807) is 24.6 Å². The Morgan fingerprint density at radius 1 is 1.10 bits per heavy atom. The van der Waals surface area contributed by atoms with Gasteiger partial charge in [0.2, 0.25) is 5.91 Å². The number of nitrogens with one attached hydrogen (secondary N) is 1. The summed E-state index contributed by atoms with van der Waals surface area (Å²) in [6.45, 7) is 0. The zero-order valence-corrected chi connectivity index (χ0v) is 18.1. The van der Waals surface area contributed by atoms with Crippen LogP contribution in [0, 0.1) is 0 Å². The molecule has 31 heavy (non-hydrogen) atoms. The van der Waals surface area contributed by atoms with Crippen LogP contribution in [0.15, 0.2) is 82.7 Å². The van der Waals surface area contributed by atoms with Gasteiger partial charge in [-0.2, -0.15) is 0 Å². The first-order chi connectivity index (χ1) is 15.2. The molecule has 158 valence electrons. The Morgan fingerprint density at radius 2 is 1.90 bits per heavy atom. The maximum absolute atomic E-state index is 12.7. The summed E-state index contributed by atoms with van der Waals surface area (Å²) in [5.74, 6) is 2.00. The highest BCUT2D eigenvalue weighted by Crippen LogP contribution is 2.25. The van der Waals surface area contributed by atoms with Crippen molar-refractivity contribution >= 4 is 17.2 Å². The third-order valence-electron chi connectivity index (χ3n) is 5.00. The van der Waals surface area contributed by atoms with Crippen LogP contribution in [0.4, 0.5) is 0 Å². The van der Waals surface area contributed by atoms with E-state index in [4.69, 9.17) is 9.15 Å². The predicted octanol–water partition coefficient (Wildman–Crippen LogP) is 5.44. The van der Waals surface area contributed by atoms with Gasteiger partial charge in [-0.3, -0.25) is 4.79 Å². The van der Waals surface area contributed by atoms with Gasteiger partial charge in [-0.25, -0.2) is 4.98 Å². The Morgan fingerprint density at radius 3 is 2.61 bits per heavy atom. The minimum Gasteiger partial charge on any atom is -0.497 e. The zero-order valence-electron chi connectivity index (χ0n) is 17.3. The molecule has 1 amide bonds. The molecule has 1 atom stereocenters. The summed E-state index contributed by atoms with van der Waals surface area (Å²) < 4.78 is 11.0. The molecule has 0 bridgehead atoms. The first-order valence-corrected chi connectivity index (χ1v) is 11.0. The standard InChI is InChI=1S/C25H24N2O3S/c1-29-20-11-9-19(10-12-20)22-17-26-25(30-22)14-13-24(28)27-21(23-8-5-15-31-23)16-18-6-3-2-4-7-18/h2-12,15,17,21H,13-14,16H2,1H3,(H,27,28). The fourth-order valence-corrected chi connectivity index (χ4v) is 4.14. The van der Waals surface area contributed by atoms with Crippen LogP contribution in [0.25, 0.3) is 11.3 Å². The maximum Gasteiger partial charge on any atom is 0.221 e. The number of carbonyl (C=O) groups excluding carboxylic acids is 1. The molecule has 4 rings (SSSR count). The lowest BCUT2D eigenvalue weighted by Crippen LogP contribution is -2.29. The number of aryl methyl sites for hydroxylation is 1. The third-order valence-corrected chi connectivity index (χ3v) is 5.98. The van der Waals surface area contributed by atoms with E-state index in [2.05, 4.69) is 28.5 Å². The normalized spacial score (nSPS) is 11.8. The average molecular weight is 433 g/mol. The van der Waals surface area contributed by atoms with Crippen molar-refractivity contribution in [3.8, 4) is 17.1 Å². The molecule has 0 radical (unpaired) electrons. The van der Waals surface area contributed by atoms with Crippen LogP contribution in [0.3, 0.4) is 0 Å². The Labute approximate surface area is 185 Å². The smallest absolute Gasteiger partial charge is 0.221 e. The molecule has 2 aromatic heterocycles. The molecule has 4 aromatic rings. The first-order valence-electron chi connectivity index (χ1n) is 10.2. The van der Waals surface area contributed by atoms with Gasteiger partial charge in [0.1, 0.15) is 5.75 Å². The molecule has 0 aliphatic carbocycles. The van der Waals surface area contributed by atoms with E-state index in [0.717, 1.165) is 22.6 Å². The summed E-state index contributed by atoms with van der Waals surface area (Å²) in [6.07, 6.45) is 3.22. The second-order valence-corrected chi connectivity index (χ2v) is 8.15. The van der Waals surface area contributed by atoms with E-state index >= 15 is 0 Å². The third kappa shape index (κ3) is 5.61. The van der Waals surface area contributed by atoms with Crippen molar-refractivity contribution in [1.29, 1.82) is 0 Å². The van der Waals surface area contributed by atoms with Crippen LogP contribution in [0.2, 0.25) is 0 Å². The van der Waals surface area contributed by atoms with Crippen molar-refractivity contribution in [1.82, 2.24) is 10.3 Å². The van der Waals surface area contributed by atoms with Gasteiger partial charge in [0, 0.05) is 23.3 Å². The second-order valence-electron chi connectivity index (χ2n) is 7.17. The number of methoxy groups -OCH3 is 1. The molecule has 1 N–H and O–H groups in total. The molecule has 0 fully saturated rings. The van der Waals surface area contributed by atoms with Crippen LogP contribution in [-0.2, 0) is 17.6 Å². The van der Waals surface area contributed by atoms with Gasteiger partial charge in [-0.15, -0.1) is 11.3 Å². The maximum atomic E-state index is 12.7. The van der Waals surface area contributed by atoms with E-state index < -0.39 is 0 Å². The van der Waals surface area contributed by atoms with Crippen molar-refractivity contribution in [3.63, 3.8) is 0 Å². The predicted molar refractivity (Wildman–Crippen MR) is 122 cm³/mol. The van der Waals surface area contributed by atoms with Crippen LogP contribution < -0.4 is 10.1 Å². The van der Waals surface area contributed by atoms with E-state index in [-0.39, 0.29) is 11.9 Å². The lowest BCUT2D eigenvalue weighted by atomic mass is 10.0. The van der Waals surface area contributed by atoms with E-state index in [1.807, 2.05) is 53.9 Å². The minimum atomic E-state index is -0.0469. The minimum absolute atomic E-state index is 0.0153. The topological polar surface area (TPSA) is 64.4 Å². The molecular formula is C25H24N2O3S. The number of amides is 1. The number of carbonyl (C=O) groups is 1. The van der Waals surface area contributed by atoms with Crippen molar-refractivity contribution in [2.75, 3.05) is 7.11 Å². The van der Waals surface area contributed by atoms with Gasteiger partial charge in [-0.1, -0.05) is 36.4 Å². The van der Waals surface area contributed by atoms with E-state index in [9.17, 15) is 4.79 Å². The summed E-state index contributed by atoms with van der Waals surface area (Å²) in [5.41, 5.74) is 2.11. The van der Waals surface area contributed by atoms with Gasteiger partial charge in [-0.05, 0) is 47.7 Å². The summed E-state index contributed by atoms with van der Waals surface area (Å²) in [7, 11) is 1.63. The lowest BCUT2D eigenvalue weighted by Gasteiger charge is -2.17. The molecule has 6 heteroatoms. The fraction of sp³-hybridized carbons (Fsp3) is 0.200. The van der Waals surface area contributed by atoms with Crippen LogP contribution in [-0.4, -0.2) is 18.0 Å². The fourth-order valence-electron chi connectivity index (χ4n) is 3.36. The molecule has 0 aliphatic rings. The highest BCUT2D eigenvalue weighted by Gasteiger charge is 2.17. The van der Waals surface area contributed by atoms with Gasteiger partial charge in [0.15, 0.2) is 11.7 Å². The van der Waals surface area contributed by atoms with Gasteiger partial charge in [0.05, 0.1) is 19.3 Å². The number of oxazole rings is 1. The van der Waals surface area contributed by atoms with Gasteiger partial charge >= 0.3 is 0 Å². The number of ether oxygens (including phenoxy) is 1. The highest BCUT2D eigenvalue weighted by molar-refractivity contribution is 7.10. The van der Waals surface area contributed by atoms with Crippen LogP contribution >= 0.6 is 11.3 Å². The Balaban J connectivity index is 1.35. The molecule has 1 unspecified atom stereocenters. The highest BCUT2D eigenvalue weighted by atomic mass is 32.1. The molecule has 0 spiro atoms. The second kappa shape index (κ2) is 10.1. The number of nitrogens with zero attached hydrogens (tertiary/aromatic N) is 1. The number of rotatable bonds is 9. The van der Waals surface area contributed by atoms with Crippen LogP contribution in [0.1, 0.15) is 28.8 Å². The molecule has 0 aliphatic heterocycles. The summed E-state index contributed by atoms with van der Waals surface area (Å²) >= 11 is 1.66. The number of hydrogen-bond donors (Lipinski definition) is 1. The summed E-state index contributed by atoms with van der Waals surface area (Å²) in [4.78, 5) is 18.1. The molecular weight excluding hydrogens is 408 g/mol. The van der Waals surface area contributed by atoms with Crippen molar-refractivity contribution in [2.24, 2.45) is 0 Å². The van der Waals surface area contributed by atoms with Crippen molar-refractivity contribution in [2.45, 2.75) is 25.3 Å². The largest absolute Gasteiger partial charge is 0.497 e. The number of hydrogen-bond acceptors (Lipinski definition) is 5. The summed E-state index contributed by atoms with van der Waals surface area (Å²) in [5, 5.41) is 5.21. The van der Waals surface area contributed by atoms with E-state index in [1.165, 1.54) is 5.56 Å². The average Bonchev–Trinajstić information content (AvgIpc) is 3.51. The quantitative estimate of drug-likeness (QED) is 0.382. The zero-order chi connectivity index (χ0) is 21.5. The van der Waals surface area contributed by atoms with Crippen molar-refractivity contribution in [3.05, 3.63) is 94.6 Å². The Kier molecular flexibility index (Phi) is 6.79. The Hall–Kier alpha value is -3.38. The monoisotopic (exact) mass is 432 g/mol. The number of thiophene rings is 1. The van der Waals surface area contributed by atoms with E-state index in [0.29, 0.717) is 24.5 Å². The van der Waals surface area contributed by atoms with Gasteiger partial charge in [0.25, 0.3) is 0 Å². The van der Waals surface area contributed by atoms with Gasteiger partial charge < -0.3 is 14.5 Å². The lowest BCUT2D eigenvalue weighted by molar-refractivity contribution is -0.121. The molecule has 0 saturated carbocycles. The SMILES string of the molecule is COc1ccc(-c2cnc(CCC(=O)NC(Cc3ccccc3)c3cccs3)o2)cc1. The molecule has 2 aromatic carbocycles. The molecule has 0 saturated heterocycles. The number of benzene rings is 2. The summed E-state index contributed by atoms with van der Waals surface area (Å²) in [6, 6.07) is 21.8. The van der Waals surface area contributed by atoms with Crippen LogP contribution in [0.5, 0.6) is 5.75 Å². The number of aromatic nitrogens is 1. The molecule has 2 heterocycles.